The monoisotopic (exact) mass is 520 g/mol. The Labute approximate surface area is 213 Å². The van der Waals surface area contributed by atoms with Crippen molar-refractivity contribution in [1.29, 1.82) is 0 Å². The number of nitrogens with zero attached hydrogens (tertiary/aromatic N) is 1. The molecule has 0 aliphatic heterocycles. The molecule has 0 unspecified atom stereocenters. The molecule has 1 amide bonds. The molecule has 178 valence electrons. The van der Waals surface area contributed by atoms with Gasteiger partial charge in [0.25, 0.3) is 5.91 Å². The van der Waals surface area contributed by atoms with Gasteiger partial charge in [-0.1, -0.05) is 40.9 Å². The molecule has 3 aromatic carbocycles. The molecule has 0 aliphatic rings. The minimum Gasteiger partial charge on any atom is -0.493 e. The van der Waals surface area contributed by atoms with Gasteiger partial charge in [-0.3, -0.25) is 4.79 Å². The summed E-state index contributed by atoms with van der Waals surface area (Å²) in [7, 11) is 1.53. The van der Waals surface area contributed by atoms with Crippen molar-refractivity contribution in [3.05, 3.63) is 85.9 Å². The van der Waals surface area contributed by atoms with Crippen LogP contribution in [0.3, 0.4) is 0 Å². The summed E-state index contributed by atoms with van der Waals surface area (Å²) < 4.78 is 16.8. The van der Waals surface area contributed by atoms with Crippen LogP contribution >= 0.6 is 34.8 Å². The Kier molecular flexibility index (Phi) is 9.05. The highest BCUT2D eigenvalue weighted by Crippen LogP contribution is 2.31. The van der Waals surface area contributed by atoms with E-state index in [4.69, 9.17) is 49.0 Å². The van der Waals surface area contributed by atoms with Gasteiger partial charge in [-0.05, 0) is 73.0 Å². The number of hydrazone groups is 1. The number of carbonyl (C=O) groups is 1. The van der Waals surface area contributed by atoms with Crippen LogP contribution in [0.4, 0.5) is 0 Å². The summed E-state index contributed by atoms with van der Waals surface area (Å²) in [6.07, 6.45) is 1.49. The van der Waals surface area contributed by atoms with Gasteiger partial charge in [0.05, 0.1) is 13.3 Å². The minimum atomic E-state index is -0.398. The molecule has 0 bridgehead atoms. The van der Waals surface area contributed by atoms with Crippen LogP contribution in [0.15, 0.2) is 53.6 Å². The fraction of sp³-hybridized carbons (Fsp3) is 0.200. The van der Waals surface area contributed by atoms with Crippen molar-refractivity contribution in [3.8, 4) is 17.2 Å². The van der Waals surface area contributed by atoms with Crippen LogP contribution in [0.2, 0.25) is 15.1 Å². The lowest BCUT2D eigenvalue weighted by Crippen LogP contribution is -2.24. The number of hydrogen-bond donors (Lipinski definition) is 1. The molecule has 34 heavy (non-hydrogen) atoms. The molecule has 0 atom stereocenters. The topological polar surface area (TPSA) is 69.2 Å². The zero-order valence-corrected chi connectivity index (χ0v) is 21.1. The van der Waals surface area contributed by atoms with Gasteiger partial charge >= 0.3 is 0 Å². The van der Waals surface area contributed by atoms with E-state index in [0.29, 0.717) is 43.4 Å². The third kappa shape index (κ3) is 6.79. The number of ether oxygens (including phenoxy) is 3. The summed E-state index contributed by atoms with van der Waals surface area (Å²) in [4.78, 5) is 12.1. The zero-order valence-electron chi connectivity index (χ0n) is 18.8. The van der Waals surface area contributed by atoms with E-state index in [1.54, 1.807) is 48.5 Å². The molecule has 9 heteroatoms. The highest BCUT2D eigenvalue weighted by atomic mass is 35.5. The highest BCUT2D eigenvalue weighted by Gasteiger charge is 2.10. The van der Waals surface area contributed by atoms with Crippen molar-refractivity contribution in [2.24, 2.45) is 5.10 Å². The SMILES string of the molecule is COc1cc(/C=N/NC(=O)COc2cc(C)c(Cl)c(C)c2)ccc1OCc1c(Cl)cccc1Cl. The average Bonchev–Trinajstić information content (AvgIpc) is 2.81. The molecule has 0 heterocycles. The van der Waals surface area contributed by atoms with E-state index < -0.39 is 5.91 Å². The van der Waals surface area contributed by atoms with Crippen LogP contribution in [0.25, 0.3) is 0 Å². The molecule has 0 saturated heterocycles. The first-order valence-electron chi connectivity index (χ1n) is 10.2. The molecule has 3 rings (SSSR count). The van der Waals surface area contributed by atoms with Crippen molar-refractivity contribution in [3.63, 3.8) is 0 Å². The van der Waals surface area contributed by atoms with Gasteiger partial charge in [-0.25, -0.2) is 5.43 Å². The van der Waals surface area contributed by atoms with E-state index in [0.717, 1.165) is 11.1 Å². The molecule has 0 aliphatic carbocycles. The Balaban J connectivity index is 1.56. The number of benzene rings is 3. The first kappa shape index (κ1) is 25.7. The Morgan fingerprint density at radius 1 is 0.971 bits per heavy atom. The van der Waals surface area contributed by atoms with Crippen molar-refractivity contribution in [1.82, 2.24) is 5.43 Å². The predicted octanol–water partition coefficient (Wildman–Crippen LogP) is 6.38. The standard InChI is InChI=1S/C25H23Cl3N2O4/c1-15-9-18(10-16(2)25(15)28)33-14-24(31)30-29-12-17-7-8-22(23(11-17)32-3)34-13-19-20(26)5-4-6-21(19)27/h4-12H,13-14H2,1-3H3,(H,30,31)/b29-12+. The van der Waals surface area contributed by atoms with Gasteiger partial charge in [0.15, 0.2) is 18.1 Å². The Morgan fingerprint density at radius 2 is 1.65 bits per heavy atom. The summed E-state index contributed by atoms with van der Waals surface area (Å²) in [5, 5.41) is 5.70. The highest BCUT2D eigenvalue weighted by molar-refractivity contribution is 6.36. The maximum absolute atomic E-state index is 12.1. The van der Waals surface area contributed by atoms with Gasteiger partial charge in [-0.2, -0.15) is 5.10 Å². The number of nitrogens with one attached hydrogen (secondary N) is 1. The Morgan fingerprint density at radius 3 is 2.29 bits per heavy atom. The molecule has 6 nitrogen and oxygen atoms in total. The molecule has 0 fully saturated rings. The molecule has 0 aromatic heterocycles. The Bertz CT molecular complexity index is 1170. The second kappa shape index (κ2) is 12.0. The van der Waals surface area contributed by atoms with E-state index in [2.05, 4.69) is 10.5 Å². The fourth-order valence-electron chi connectivity index (χ4n) is 3.05. The number of halogens is 3. The summed E-state index contributed by atoms with van der Waals surface area (Å²) >= 11 is 18.5. The van der Waals surface area contributed by atoms with Crippen molar-refractivity contribution < 1.29 is 19.0 Å². The molecule has 3 aromatic rings. The van der Waals surface area contributed by atoms with Crippen LogP contribution in [0.5, 0.6) is 17.2 Å². The van der Waals surface area contributed by atoms with E-state index in [9.17, 15) is 4.79 Å². The molecular weight excluding hydrogens is 499 g/mol. The van der Waals surface area contributed by atoms with Crippen LogP contribution in [-0.4, -0.2) is 25.8 Å². The van der Waals surface area contributed by atoms with E-state index in [1.165, 1.54) is 13.3 Å². The first-order chi connectivity index (χ1) is 16.3. The van der Waals surface area contributed by atoms with E-state index in [-0.39, 0.29) is 13.2 Å². The van der Waals surface area contributed by atoms with Crippen molar-refractivity contribution >= 4 is 46.9 Å². The van der Waals surface area contributed by atoms with Gasteiger partial charge in [0, 0.05) is 20.6 Å². The minimum absolute atomic E-state index is 0.182. The normalized spacial score (nSPS) is 10.9. The number of amides is 1. The van der Waals surface area contributed by atoms with Crippen molar-refractivity contribution in [2.45, 2.75) is 20.5 Å². The number of methoxy groups -OCH3 is 1. The number of carbonyl (C=O) groups excluding carboxylic acids is 1. The molecule has 0 saturated carbocycles. The molecular formula is C25H23Cl3N2O4. The lowest BCUT2D eigenvalue weighted by molar-refractivity contribution is -0.123. The summed E-state index contributed by atoms with van der Waals surface area (Å²) in [5.41, 5.74) is 5.58. The number of rotatable bonds is 9. The largest absolute Gasteiger partial charge is 0.493 e. The van der Waals surface area contributed by atoms with Gasteiger partial charge in [0.1, 0.15) is 12.4 Å². The summed E-state index contributed by atoms with van der Waals surface area (Å²) in [6.45, 7) is 3.76. The number of hydrogen-bond acceptors (Lipinski definition) is 5. The third-order valence-electron chi connectivity index (χ3n) is 4.80. The van der Waals surface area contributed by atoms with Crippen LogP contribution in [0, 0.1) is 13.8 Å². The summed E-state index contributed by atoms with van der Waals surface area (Å²) in [6, 6.07) is 14.1. The fourth-order valence-corrected chi connectivity index (χ4v) is 3.67. The van der Waals surface area contributed by atoms with Crippen LogP contribution < -0.4 is 19.6 Å². The number of aryl methyl sites for hydroxylation is 2. The van der Waals surface area contributed by atoms with Crippen molar-refractivity contribution in [2.75, 3.05) is 13.7 Å². The second-order valence-electron chi connectivity index (χ2n) is 7.35. The molecule has 0 spiro atoms. The molecule has 1 N–H and O–H groups in total. The smallest absolute Gasteiger partial charge is 0.277 e. The van der Waals surface area contributed by atoms with Gasteiger partial charge in [0.2, 0.25) is 0 Å². The van der Waals surface area contributed by atoms with Gasteiger partial charge < -0.3 is 14.2 Å². The zero-order chi connectivity index (χ0) is 24.7. The quantitative estimate of drug-likeness (QED) is 0.262. The van der Waals surface area contributed by atoms with Gasteiger partial charge in [-0.15, -0.1) is 0 Å². The summed E-state index contributed by atoms with van der Waals surface area (Å²) in [5.74, 6) is 1.18. The predicted molar refractivity (Wildman–Crippen MR) is 136 cm³/mol. The molecule has 0 radical (unpaired) electrons. The van der Waals surface area contributed by atoms with Crippen LogP contribution in [-0.2, 0) is 11.4 Å². The maximum atomic E-state index is 12.1. The maximum Gasteiger partial charge on any atom is 0.277 e. The third-order valence-corrected chi connectivity index (χ3v) is 6.11. The lowest BCUT2D eigenvalue weighted by Gasteiger charge is -2.13. The lowest BCUT2D eigenvalue weighted by atomic mass is 10.1. The van der Waals surface area contributed by atoms with Crippen LogP contribution in [0.1, 0.15) is 22.3 Å². The average molecular weight is 522 g/mol. The second-order valence-corrected chi connectivity index (χ2v) is 8.54. The first-order valence-corrected chi connectivity index (χ1v) is 11.4. The van der Waals surface area contributed by atoms with E-state index >= 15 is 0 Å². The Hall–Kier alpha value is -2.93. The van der Waals surface area contributed by atoms with E-state index in [1.807, 2.05) is 13.8 Å².